The molecule has 0 unspecified atom stereocenters. The predicted octanol–water partition coefficient (Wildman–Crippen LogP) is 6.26. The van der Waals surface area contributed by atoms with Crippen molar-refractivity contribution in [1.82, 2.24) is 0 Å². The van der Waals surface area contributed by atoms with E-state index in [1.807, 2.05) is 0 Å². The Bertz CT molecular complexity index is 1160. The zero-order valence-electron chi connectivity index (χ0n) is 16.0. The molecule has 0 heterocycles. The van der Waals surface area contributed by atoms with E-state index in [0.29, 0.717) is 11.1 Å². The first-order valence-corrected chi connectivity index (χ1v) is 9.28. The van der Waals surface area contributed by atoms with Crippen molar-refractivity contribution in [2.45, 2.75) is 13.1 Å². The highest BCUT2D eigenvalue weighted by Gasteiger charge is 2.39. The van der Waals surface area contributed by atoms with Crippen molar-refractivity contribution in [1.29, 1.82) is 0 Å². The van der Waals surface area contributed by atoms with Gasteiger partial charge in [0.15, 0.2) is 5.78 Å². The standard InChI is InChI=1S/C22H15ClF4N2O2/c1-12-4-2-3-5-15(12)20(30)13-6-8-17(16(23)10-13)28-19-11-14(24)7-9-18(19)29-21(31)22(25,26)27/h2-11,28H,1H3,(H,29,31). The average Bonchev–Trinajstić information content (AvgIpc) is 2.70. The number of carbonyl (C=O) groups excluding carboxylic acids is 2. The molecule has 2 N–H and O–H groups in total. The average molecular weight is 451 g/mol. The molecule has 3 rings (SSSR count). The highest BCUT2D eigenvalue weighted by Crippen LogP contribution is 2.32. The largest absolute Gasteiger partial charge is 0.471 e. The van der Waals surface area contributed by atoms with Crippen LogP contribution in [0.3, 0.4) is 0 Å². The van der Waals surface area contributed by atoms with Crippen LogP contribution in [0, 0.1) is 12.7 Å². The van der Waals surface area contributed by atoms with E-state index in [0.717, 1.165) is 23.8 Å². The summed E-state index contributed by atoms with van der Waals surface area (Å²) in [6.45, 7) is 1.80. The summed E-state index contributed by atoms with van der Waals surface area (Å²) in [5.41, 5.74) is 1.36. The Morgan fingerprint density at radius 2 is 1.58 bits per heavy atom. The lowest BCUT2D eigenvalue weighted by Gasteiger charge is -2.15. The fourth-order valence-corrected chi connectivity index (χ4v) is 3.04. The second kappa shape index (κ2) is 8.77. The van der Waals surface area contributed by atoms with Gasteiger partial charge in [0, 0.05) is 11.1 Å². The molecule has 0 saturated heterocycles. The molecule has 9 heteroatoms. The molecule has 0 aromatic heterocycles. The number of hydrogen-bond donors (Lipinski definition) is 2. The van der Waals surface area contributed by atoms with E-state index in [-0.39, 0.29) is 27.9 Å². The van der Waals surface area contributed by atoms with Gasteiger partial charge in [0.1, 0.15) is 5.82 Å². The van der Waals surface area contributed by atoms with E-state index < -0.39 is 17.9 Å². The highest BCUT2D eigenvalue weighted by atomic mass is 35.5. The van der Waals surface area contributed by atoms with Crippen LogP contribution in [0.25, 0.3) is 0 Å². The van der Waals surface area contributed by atoms with Crippen LogP contribution in [0.15, 0.2) is 60.7 Å². The lowest BCUT2D eigenvalue weighted by molar-refractivity contribution is -0.167. The van der Waals surface area contributed by atoms with Crippen molar-refractivity contribution >= 4 is 40.4 Å². The predicted molar refractivity (Wildman–Crippen MR) is 110 cm³/mol. The van der Waals surface area contributed by atoms with Gasteiger partial charge >= 0.3 is 12.1 Å². The van der Waals surface area contributed by atoms with Gasteiger partial charge < -0.3 is 10.6 Å². The third-order valence-electron chi connectivity index (χ3n) is 4.38. The van der Waals surface area contributed by atoms with Gasteiger partial charge in [-0.2, -0.15) is 13.2 Å². The van der Waals surface area contributed by atoms with Gasteiger partial charge in [-0.15, -0.1) is 0 Å². The number of alkyl halides is 3. The van der Waals surface area contributed by atoms with Crippen LogP contribution >= 0.6 is 11.6 Å². The van der Waals surface area contributed by atoms with E-state index in [4.69, 9.17) is 11.6 Å². The monoisotopic (exact) mass is 450 g/mol. The Hall–Kier alpha value is -3.39. The normalized spacial score (nSPS) is 11.2. The highest BCUT2D eigenvalue weighted by molar-refractivity contribution is 6.34. The molecule has 0 aliphatic rings. The van der Waals surface area contributed by atoms with Crippen LogP contribution in [0.1, 0.15) is 21.5 Å². The van der Waals surface area contributed by atoms with Crippen LogP contribution in [0.5, 0.6) is 0 Å². The Labute approximate surface area is 179 Å². The topological polar surface area (TPSA) is 58.2 Å². The maximum absolute atomic E-state index is 13.7. The Morgan fingerprint density at radius 1 is 0.903 bits per heavy atom. The Kier molecular flexibility index (Phi) is 6.31. The second-order valence-electron chi connectivity index (χ2n) is 6.61. The van der Waals surface area contributed by atoms with Gasteiger partial charge in [-0.3, -0.25) is 9.59 Å². The van der Waals surface area contributed by atoms with Crippen molar-refractivity contribution in [3.63, 3.8) is 0 Å². The third-order valence-corrected chi connectivity index (χ3v) is 4.69. The van der Waals surface area contributed by atoms with Crippen LogP contribution in [-0.2, 0) is 4.79 Å². The van der Waals surface area contributed by atoms with Gasteiger partial charge in [-0.25, -0.2) is 4.39 Å². The third kappa shape index (κ3) is 5.21. The Morgan fingerprint density at radius 3 is 2.23 bits per heavy atom. The number of anilines is 3. The first-order chi connectivity index (χ1) is 14.6. The van der Waals surface area contributed by atoms with Crippen LogP contribution in [0.2, 0.25) is 5.02 Å². The minimum absolute atomic E-state index is 0.0804. The Balaban J connectivity index is 1.89. The zero-order valence-corrected chi connectivity index (χ0v) is 16.7. The van der Waals surface area contributed by atoms with Crippen LogP contribution in [0.4, 0.5) is 34.6 Å². The number of aryl methyl sites for hydroxylation is 1. The number of benzene rings is 3. The van der Waals surface area contributed by atoms with E-state index in [1.54, 1.807) is 36.5 Å². The molecule has 0 fully saturated rings. The van der Waals surface area contributed by atoms with Crippen molar-refractivity contribution in [2.24, 2.45) is 0 Å². The first kappa shape index (κ1) is 22.3. The summed E-state index contributed by atoms with van der Waals surface area (Å²) in [5.74, 6) is -3.20. The maximum atomic E-state index is 13.7. The molecule has 31 heavy (non-hydrogen) atoms. The number of ketones is 1. The van der Waals surface area contributed by atoms with Crippen molar-refractivity contribution in [3.8, 4) is 0 Å². The number of halogens is 5. The van der Waals surface area contributed by atoms with Crippen LogP contribution < -0.4 is 10.6 Å². The van der Waals surface area contributed by atoms with Crippen molar-refractivity contribution in [3.05, 3.63) is 88.2 Å². The number of hydrogen-bond acceptors (Lipinski definition) is 3. The summed E-state index contributed by atoms with van der Waals surface area (Å²) in [4.78, 5) is 24.0. The lowest BCUT2D eigenvalue weighted by atomic mass is 9.99. The quantitative estimate of drug-likeness (QED) is 0.356. The van der Waals surface area contributed by atoms with Gasteiger partial charge in [-0.1, -0.05) is 35.9 Å². The molecule has 1 amide bonds. The summed E-state index contributed by atoms with van der Waals surface area (Å²) >= 11 is 6.25. The molecule has 0 radical (unpaired) electrons. The molecule has 0 atom stereocenters. The van der Waals surface area contributed by atoms with E-state index in [2.05, 4.69) is 5.32 Å². The van der Waals surface area contributed by atoms with E-state index in [9.17, 15) is 27.2 Å². The van der Waals surface area contributed by atoms with E-state index >= 15 is 0 Å². The second-order valence-corrected chi connectivity index (χ2v) is 7.01. The number of carbonyl (C=O) groups is 2. The zero-order chi connectivity index (χ0) is 22.8. The van der Waals surface area contributed by atoms with Crippen molar-refractivity contribution in [2.75, 3.05) is 10.6 Å². The van der Waals surface area contributed by atoms with Crippen LogP contribution in [-0.4, -0.2) is 17.9 Å². The first-order valence-electron chi connectivity index (χ1n) is 8.91. The number of rotatable bonds is 5. The van der Waals surface area contributed by atoms with E-state index in [1.165, 1.54) is 18.2 Å². The summed E-state index contributed by atoms with van der Waals surface area (Å²) < 4.78 is 51.4. The lowest BCUT2D eigenvalue weighted by Crippen LogP contribution is -2.30. The minimum atomic E-state index is -5.11. The van der Waals surface area contributed by atoms with Gasteiger partial charge in [0.25, 0.3) is 0 Å². The molecule has 0 spiro atoms. The molecule has 3 aromatic rings. The molecule has 0 saturated carbocycles. The number of nitrogens with one attached hydrogen (secondary N) is 2. The summed E-state index contributed by atoms with van der Waals surface area (Å²) in [6.07, 6.45) is -5.11. The molecule has 0 aliphatic carbocycles. The fraction of sp³-hybridized carbons (Fsp3) is 0.0909. The summed E-state index contributed by atoms with van der Waals surface area (Å²) in [7, 11) is 0. The minimum Gasteiger partial charge on any atom is -0.353 e. The molecule has 0 aliphatic heterocycles. The van der Waals surface area contributed by atoms with Crippen molar-refractivity contribution < 1.29 is 27.2 Å². The summed E-state index contributed by atoms with van der Waals surface area (Å²) in [5, 5.41) is 4.46. The summed E-state index contributed by atoms with van der Waals surface area (Å²) in [6, 6.07) is 14.1. The molecule has 160 valence electrons. The molecule has 0 bridgehead atoms. The molecule has 3 aromatic carbocycles. The number of amides is 1. The van der Waals surface area contributed by atoms with Gasteiger partial charge in [-0.05, 0) is 48.9 Å². The molecular weight excluding hydrogens is 436 g/mol. The maximum Gasteiger partial charge on any atom is 0.471 e. The fourth-order valence-electron chi connectivity index (χ4n) is 2.81. The molecule has 4 nitrogen and oxygen atoms in total. The van der Waals surface area contributed by atoms with Gasteiger partial charge in [0.2, 0.25) is 0 Å². The van der Waals surface area contributed by atoms with Gasteiger partial charge in [0.05, 0.1) is 22.1 Å². The smallest absolute Gasteiger partial charge is 0.353 e. The molecular formula is C22H15ClF4N2O2. The SMILES string of the molecule is Cc1ccccc1C(=O)c1ccc(Nc2cc(F)ccc2NC(=O)C(F)(F)F)c(Cl)c1.